The van der Waals surface area contributed by atoms with Crippen molar-refractivity contribution in [2.24, 2.45) is 0 Å². The van der Waals surface area contributed by atoms with Gasteiger partial charge < -0.3 is 10.2 Å². The van der Waals surface area contributed by atoms with Gasteiger partial charge >= 0.3 is 0 Å². The highest BCUT2D eigenvalue weighted by Crippen LogP contribution is 2.31. The Kier molecular flexibility index (Phi) is 5.04. The smallest absolute Gasteiger partial charge is 0.142 e. The maximum absolute atomic E-state index is 4.51. The van der Waals surface area contributed by atoms with Crippen molar-refractivity contribution in [2.45, 2.75) is 37.8 Å². The van der Waals surface area contributed by atoms with Gasteiger partial charge in [0.15, 0.2) is 0 Å². The first-order chi connectivity index (χ1) is 8.61. The maximum Gasteiger partial charge on any atom is 0.142 e. The van der Waals surface area contributed by atoms with Gasteiger partial charge in [-0.15, -0.1) is 0 Å². The van der Waals surface area contributed by atoms with Crippen LogP contribution in [0.3, 0.4) is 0 Å². The molecule has 1 aliphatic rings. The van der Waals surface area contributed by atoms with Crippen molar-refractivity contribution in [1.29, 1.82) is 0 Å². The van der Waals surface area contributed by atoms with Crippen molar-refractivity contribution < 1.29 is 0 Å². The molecule has 0 bridgehead atoms. The summed E-state index contributed by atoms with van der Waals surface area (Å²) in [6, 6.07) is 3.34. The Balaban J connectivity index is 2.05. The molecule has 0 saturated heterocycles. The van der Waals surface area contributed by atoms with Crippen molar-refractivity contribution in [3.05, 3.63) is 21.2 Å². The average molecular weight is 377 g/mol. The van der Waals surface area contributed by atoms with E-state index >= 15 is 0 Å². The summed E-state index contributed by atoms with van der Waals surface area (Å²) in [6.07, 6.45) is 6.81. The minimum atomic E-state index is 0.597. The summed E-state index contributed by atoms with van der Waals surface area (Å²) in [6.45, 7) is 0. The van der Waals surface area contributed by atoms with Gasteiger partial charge in [-0.3, -0.25) is 0 Å². The first kappa shape index (κ1) is 14.3. The third-order valence-electron chi connectivity index (χ3n) is 3.78. The van der Waals surface area contributed by atoms with Gasteiger partial charge in [0, 0.05) is 29.8 Å². The molecular weight excluding hydrogens is 358 g/mol. The lowest BCUT2D eigenvalue weighted by Crippen LogP contribution is -2.40. The van der Waals surface area contributed by atoms with Crippen LogP contribution < -0.4 is 10.2 Å². The minimum absolute atomic E-state index is 0.597. The van der Waals surface area contributed by atoms with Crippen LogP contribution in [0.1, 0.15) is 25.7 Å². The minimum Gasteiger partial charge on any atom is -0.356 e. The van der Waals surface area contributed by atoms with E-state index in [0.717, 1.165) is 14.8 Å². The molecule has 1 N–H and O–H groups in total. The molecule has 1 aromatic rings. The Morgan fingerprint density at radius 3 is 2.50 bits per heavy atom. The lowest BCUT2D eigenvalue weighted by Gasteiger charge is -2.35. The van der Waals surface area contributed by atoms with E-state index in [2.05, 4.69) is 67.2 Å². The number of nitrogens with zero attached hydrogens (tertiary/aromatic N) is 2. The molecule has 3 nitrogen and oxygen atoms in total. The molecule has 0 atom stereocenters. The van der Waals surface area contributed by atoms with Gasteiger partial charge in [0.2, 0.25) is 0 Å². The van der Waals surface area contributed by atoms with Gasteiger partial charge in [0.25, 0.3) is 0 Å². The first-order valence-corrected chi connectivity index (χ1v) is 7.91. The van der Waals surface area contributed by atoms with Crippen LogP contribution in [-0.2, 0) is 0 Å². The van der Waals surface area contributed by atoms with Crippen LogP contribution in [0.5, 0.6) is 0 Å². The topological polar surface area (TPSA) is 28.2 Å². The summed E-state index contributed by atoms with van der Waals surface area (Å²) in [4.78, 5) is 6.82. The number of pyridine rings is 1. The summed E-state index contributed by atoms with van der Waals surface area (Å²) in [5.41, 5.74) is 0. The van der Waals surface area contributed by atoms with E-state index in [9.17, 15) is 0 Å². The van der Waals surface area contributed by atoms with Crippen molar-refractivity contribution in [1.82, 2.24) is 10.3 Å². The second-order valence-electron chi connectivity index (χ2n) is 4.86. The highest BCUT2D eigenvalue weighted by molar-refractivity contribution is 9.11. The predicted octanol–water partition coefficient (Wildman–Crippen LogP) is 3.57. The second-order valence-corrected chi connectivity index (χ2v) is 6.63. The van der Waals surface area contributed by atoms with Gasteiger partial charge in [-0.2, -0.15) is 0 Å². The van der Waals surface area contributed by atoms with Crippen LogP contribution >= 0.6 is 31.9 Å². The van der Waals surface area contributed by atoms with E-state index < -0.39 is 0 Å². The molecule has 1 heterocycles. The van der Waals surface area contributed by atoms with Gasteiger partial charge in [0.05, 0.1) is 4.47 Å². The molecule has 0 amide bonds. The average Bonchev–Trinajstić information content (AvgIpc) is 2.38. The molecule has 1 aromatic heterocycles. The fraction of sp³-hybridized carbons (Fsp3) is 0.615. The molecule has 0 aliphatic heterocycles. The molecule has 1 fully saturated rings. The number of rotatable bonds is 3. The molecule has 0 radical (unpaired) electrons. The van der Waals surface area contributed by atoms with Crippen LogP contribution in [0.4, 0.5) is 5.82 Å². The van der Waals surface area contributed by atoms with Gasteiger partial charge in [0.1, 0.15) is 5.82 Å². The quantitative estimate of drug-likeness (QED) is 0.873. The molecule has 1 saturated carbocycles. The summed E-state index contributed by atoms with van der Waals surface area (Å²) in [5.74, 6) is 1.03. The summed E-state index contributed by atoms with van der Waals surface area (Å²) < 4.78 is 2.06. The Hall–Kier alpha value is -0.130. The molecule has 100 valence electrons. The zero-order chi connectivity index (χ0) is 13.1. The zero-order valence-electron chi connectivity index (χ0n) is 10.8. The van der Waals surface area contributed by atoms with Crippen LogP contribution in [0.15, 0.2) is 21.2 Å². The standard InChI is InChI=1S/C13H19Br2N3/c1-16-10-3-5-11(6-4-10)18(2)13-12(15)7-9(14)8-17-13/h7-8,10-11,16H,3-6H2,1-2H3. The van der Waals surface area contributed by atoms with Crippen molar-refractivity contribution in [2.75, 3.05) is 19.0 Å². The van der Waals surface area contributed by atoms with E-state index in [0.29, 0.717) is 12.1 Å². The largest absolute Gasteiger partial charge is 0.356 e. The summed E-state index contributed by atoms with van der Waals surface area (Å²) in [7, 11) is 4.20. The van der Waals surface area contributed by atoms with E-state index in [4.69, 9.17) is 0 Å². The molecule has 0 spiro atoms. The number of hydrogen-bond donors (Lipinski definition) is 1. The third-order valence-corrected chi connectivity index (χ3v) is 4.79. The van der Waals surface area contributed by atoms with Crippen LogP contribution in [-0.4, -0.2) is 31.2 Å². The fourth-order valence-corrected chi connectivity index (χ4v) is 3.86. The predicted molar refractivity (Wildman–Crippen MR) is 83.1 cm³/mol. The van der Waals surface area contributed by atoms with E-state index in [1.54, 1.807) is 0 Å². The Labute approximate surface area is 126 Å². The molecule has 0 unspecified atom stereocenters. The van der Waals surface area contributed by atoms with E-state index in [-0.39, 0.29) is 0 Å². The third kappa shape index (κ3) is 3.25. The Morgan fingerprint density at radius 2 is 1.94 bits per heavy atom. The summed E-state index contributed by atoms with van der Waals surface area (Å²) >= 11 is 7.03. The molecule has 2 rings (SSSR count). The van der Waals surface area contributed by atoms with E-state index in [1.807, 2.05) is 6.20 Å². The van der Waals surface area contributed by atoms with Crippen molar-refractivity contribution in [3.8, 4) is 0 Å². The van der Waals surface area contributed by atoms with E-state index in [1.165, 1.54) is 25.7 Å². The number of nitrogens with one attached hydrogen (secondary N) is 1. The normalized spacial score (nSPS) is 24.0. The monoisotopic (exact) mass is 375 g/mol. The van der Waals surface area contributed by atoms with Gasteiger partial charge in [-0.1, -0.05) is 0 Å². The molecule has 0 aromatic carbocycles. The highest BCUT2D eigenvalue weighted by Gasteiger charge is 2.24. The molecule has 1 aliphatic carbocycles. The molecule has 5 heteroatoms. The van der Waals surface area contributed by atoms with Gasteiger partial charge in [-0.25, -0.2) is 4.98 Å². The first-order valence-electron chi connectivity index (χ1n) is 6.33. The lowest BCUT2D eigenvalue weighted by molar-refractivity contribution is 0.350. The van der Waals surface area contributed by atoms with Crippen molar-refractivity contribution >= 4 is 37.7 Å². The lowest BCUT2D eigenvalue weighted by atomic mass is 9.90. The highest BCUT2D eigenvalue weighted by atomic mass is 79.9. The fourth-order valence-electron chi connectivity index (χ4n) is 2.59. The zero-order valence-corrected chi connectivity index (χ0v) is 14.0. The summed E-state index contributed by atoms with van der Waals surface area (Å²) in [5, 5.41) is 3.37. The number of anilines is 1. The van der Waals surface area contributed by atoms with Gasteiger partial charge in [-0.05, 0) is 70.7 Å². The molecule has 18 heavy (non-hydrogen) atoms. The maximum atomic E-state index is 4.51. The molecular formula is C13H19Br2N3. The Morgan fingerprint density at radius 1 is 1.28 bits per heavy atom. The number of halogens is 2. The Bertz CT molecular complexity index is 403. The number of hydrogen-bond acceptors (Lipinski definition) is 3. The van der Waals surface area contributed by atoms with Crippen LogP contribution in [0, 0.1) is 0 Å². The number of aromatic nitrogens is 1. The second kappa shape index (κ2) is 6.35. The van der Waals surface area contributed by atoms with Crippen LogP contribution in [0.25, 0.3) is 0 Å². The van der Waals surface area contributed by atoms with Crippen LogP contribution in [0.2, 0.25) is 0 Å². The SMILES string of the molecule is CNC1CCC(N(C)c2ncc(Br)cc2Br)CC1. The van der Waals surface area contributed by atoms with Crippen molar-refractivity contribution in [3.63, 3.8) is 0 Å².